The van der Waals surface area contributed by atoms with Gasteiger partial charge in [-0.1, -0.05) is 55.0 Å². The van der Waals surface area contributed by atoms with Crippen LogP contribution < -0.4 is 26.8 Å². The Bertz CT molecular complexity index is 1750. The third kappa shape index (κ3) is 7.61. The molecule has 1 unspecified atom stereocenters. The summed E-state index contributed by atoms with van der Waals surface area (Å²) < 4.78 is 13.4. The lowest BCUT2D eigenvalue weighted by molar-refractivity contribution is 0.175. The van der Waals surface area contributed by atoms with Gasteiger partial charge < -0.3 is 24.8 Å². The monoisotopic (exact) mass is 618 g/mol. The number of pyridine rings is 1. The summed E-state index contributed by atoms with van der Waals surface area (Å²) in [5.41, 5.74) is 12.6. The average Bonchev–Trinajstić information content (AvgIpc) is 3.63. The summed E-state index contributed by atoms with van der Waals surface area (Å²) >= 11 is 0. The first kappa shape index (κ1) is 32.8. The van der Waals surface area contributed by atoms with E-state index in [2.05, 4.69) is 91.5 Å². The zero-order valence-electron chi connectivity index (χ0n) is 27.6. The Kier molecular flexibility index (Phi) is 10.8. The van der Waals surface area contributed by atoms with Gasteiger partial charge in [-0.05, 0) is 97.4 Å². The highest BCUT2D eigenvalue weighted by Gasteiger charge is 2.24. The molecule has 0 aliphatic carbocycles. The fourth-order valence-corrected chi connectivity index (χ4v) is 6.03. The SMILES string of the molecule is CCc1cc(C(/C=C(\C)c2ccc(NCc3cn([C@@H](C)C4CCOC4)cc(-c4ccc(C)cc4)c3=O)cc2)=C/NN)ccc1OC. The molecule has 0 bridgehead atoms. The van der Waals surface area contributed by atoms with Gasteiger partial charge in [0.2, 0.25) is 0 Å². The number of aromatic nitrogens is 1. The molecule has 0 radical (unpaired) electrons. The maximum atomic E-state index is 13.8. The summed E-state index contributed by atoms with van der Waals surface area (Å²) in [6.45, 7) is 10.5. The van der Waals surface area contributed by atoms with Crippen LogP contribution in [0.3, 0.4) is 0 Å². The molecule has 46 heavy (non-hydrogen) atoms. The van der Waals surface area contributed by atoms with Crippen molar-refractivity contribution >= 4 is 16.8 Å². The topological polar surface area (TPSA) is 90.5 Å². The lowest BCUT2D eigenvalue weighted by atomic mass is 9.98. The molecule has 1 aliphatic rings. The van der Waals surface area contributed by atoms with Gasteiger partial charge in [-0.15, -0.1) is 0 Å². The number of anilines is 1. The Balaban J connectivity index is 1.36. The molecule has 1 saturated heterocycles. The zero-order valence-corrected chi connectivity index (χ0v) is 27.6. The van der Waals surface area contributed by atoms with Gasteiger partial charge in [0.1, 0.15) is 5.75 Å². The van der Waals surface area contributed by atoms with Crippen LogP contribution in [-0.4, -0.2) is 24.9 Å². The Morgan fingerprint density at radius 3 is 2.46 bits per heavy atom. The third-order valence-corrected chi connectivity index (χ3v) is 9.03. The van der Waals surface area contributed by atoms with Crippen LogP contribution in [0.4, 0.5) is 5.69 Å². The van der Waals surface area contributed by atoms with Gasteiger partial charge in [-0.2, -0.15) is 0 Å². The Morgan fingerprint density at radius 1 is 1.07 bits per heavy atom. The highest BCUT2D eigenvalue weighted by atomic mass is 16.5. The number of allylic oxidation sites excluding steroid dienone is 3. The summed E-state index contributed by atoms with van der Waals surface area (Å²) in [6.07, 6.45) is 9.86. The molecule has 3 aromatic carbocycles. The van der Waals surface area contributed by atoms with E-state index in [1.165, 1.54) is 5.56 Å². The van der Waals surface area contributed by atoms with Gasteiger partial charge in [-0.3, -0.25) is 10.6 Å². The van der Waals surface area contributed by atoms with E-state index < -0.39 is 0 Å². The van der Waals surface area contributed by atoms with Crippen LogP contribution in [0.5, 0.6) is 5.75 Å². The van der Waals surface area contributed by atoms with Gasteiger partial charge in [-0.25, -0.2) is 0 Å². The average molecular weight is 619 g/mol. The minimum atomic E-state index is 0.0514. The van der Waals surface area contributed by atoms with E-state index in [-0.39, 0.29) is 11.5 Å². The molecule has 0 amide bonds. The molecule has 4 aromatic rings. The summed E-state index contributed by atoms with van der Waals surface area (Å²) in [4.78, 5) is 13.8. The van der Waals surface area contributed by atoms with Crippen molar-refractivity contribution in [3.8, 4) is 16.9 Å². The molecule has 2 atom stereocenters. The Hall–Kier alpha value is -4.59. The fraction of sp³-hybridized carbons (Fsp3) is 0.308. The first-order valence-electron chi connectivity index (χ1n) is 16.1. The number of aryl methyl sites for hydroxylation is 2. The molecule has 0 spiro atoms. The van der Waals surface area contributed by atoms with E-state index >= 15 is 0 Å². The van der Waals surface area contributed by atoms with Gasteiger partial charge in [0, 0.05) is 60.5 Å². The lowest BCUT2D eigenvalue weighted by Gasteiger charge is -2.23. The van der Waals surface area contributed by atoms with Crippen molar-refractivity contribution in [1.82, 2.24) is 9.99 Å². The largest absolute Gasteiger partial charge is 0.496 e. The normalized spacial score (nSPS) is 15.9. The van der Waals surface area contributed by atoms with Crippen LogP contribution in [0.2, 0.25) is 0 Å². The van der Waals surface area contributed by atoms with Gasteiger partial charge >= 0.3 is 0 Å². The van der Waals surface area contributed by atoms with Crippen molar-refractivity contribution in [3.05, 3.63) is 129 Å². The minimum Gasteiger partial charge on any atom is -0.496 e. The molecule has 5 rings (SSSR count). The second-order valence-corrected chi connectivity index (χ2v) is 12.1. The molecule has 1 aliphatic heterocycles. The molecular weight excluding hydrogens is 572 g/mol. The molecule has 2 heterocycles. The van der Waals surface area contributed by atoms with Crippen molar-refractivity contribution in [3.63, 3.8) is 0 Å². The fourth-order valence-electron chi connectivity index (χ4n) is 6.03. The highest BCUT2D eigenvalue weighted by Crippen LogP contribution is 2.29. The third-order valence-electron chi connectivity index (χ3n) is 9.03. The van der Waals surface area contributed by atoms with Crippen molar-refractivity contribution in [2.75, 3.05) is 25.6 Å². The molecule has 7 nitrogen and oxygen atoms in total. The first-order valence-corrected chi connectivity index (χ1v) is 16.1. The maximum Gasteiger partial charge on any atom is 0.194 e. The van der Waals surface area contributed by atoms with E-state index in [4.69, 9.17) is 15.3 Å². The van der Waals surface area contributed by atoms with Crippen LogP contribution in [0.1, 0.15) is 61.1 Å². The molecule has 1 aromatic heterocycles. The van der Waals surface area contributed by atoms with E-state index in [0.717, 1.165) is 82.0 Å². The van der Waals surface area contributed by atoms with Gasteiger partial charge in [0.05, 0.1) is 13.7 Å². The number of nitrogens with two attached hydrogens (primary N) is 1. The zero-order chi connectivity index (χ0) is 32.6. The quantitative estimate of drug-likeness (QED) is 0.0865. The second-order valence-electron chi connectivity index (χ2n) is 12.1. The van der Waals surface area contributed by atoms with E-state index in [0.29, 0.717) is 12.5 Å². The number of hydrogen-bond acceptors (Lipinski definition) is 6. The molecule has 4 N–H and O–H groups in total. The molecule has 240 valence electrons. The van der Waals surface area contributed by atoms with E-state index in [9.17, 15) is 4.79 Å². The lowest BCUT2D eigenvalue weighted by Crippen LogP contribution is -2.23. The van der Waals surface area contributed by atoms with Gasteiger partial charge in [0.15, 0.2) is 5.43 Å². The van der Waals surface area contributed by atoms with Crippen molar-refractivity contribution < 1.29 is 9.47 Å². The van der Waals surface area contributed by atoms with Crippen LogP contribution in [-0.2, 0) is 17.7 Å². The minimum absolute atomic E-state index is 0.0514. The summed E-state index contributed by atoms with van der Waals surface area (Å²) in [7, 11) is 1.70. The molecule has 7 heteroatoms. The summed E-state index contributed by atoms with van der Waals surface area (Å²) in [5.74, 6) is 7.01. The standard InChI is InChI=1S/C39H46N4O3/c1-6-29-20-32(13-16-38(29)45-5)34(22-42-40)19-27(3)30-11-14-36(15-12-30)41-21-35-23-43(28(4)33-17-18-46-25-33)24-37(39(35)44)31-9-7-26(2)8-10-31/h7-16,19-20,22-24,28,33,41-42H,6,17-18,21,25,40H2,1-5H3/b27-19+,34-22+/t28-,33?/m0/s1. The number of hydrogen-bond donors (Lipinski definition) is 3. The van der Waals surface area contributed by atoms with E-state index in [1.807, 2.05) is 36.7 Å². The second kappa shape index (κ2) is 15.1. The first-order chi connectivity index (χ1) is 22.3. The molecular formula is C39H46N4O3. The van der Waals surface area contributed by atoms with Crippen LogP contribution >= 0.6 is 0 Å². The number of ether oxygens (including phenoxy) is 2. The number of rotatable bonds is 12. The predicted octanol–water partition coefficient (Wildman–Crippen LogP) is 7.51. The number of hydrazine groups is 1. The van der Waals surface area contributed by atoms with Crippen molar-refractivity contribution in [2.45, 2.75) is 53.1 Å². The summed E-state index contributed by atoms with van der Waals surface area (Å²) in [5, 5.41) is 3.49. The van der Waals surface area contributed by atoms with Crippen LogP contribution in [0, 0.1) is 12.8 Å². The number of methoxy groups -OCH3 is 1. The van der Waals surface area contributed by atoms with E-state index in [1.54, 1.807) is 13.3 Å². The Labute approximate surface area is 272 Å². The van der Waals surface area contributed by atoms with Gasteiger partial charge in [0.25, 0.3) is 0 Å². The Morgan fingerprint density at radius 2 is 1.80 bits per heavy atom. The van der Waals surface area contributed by atoms with Crippen LogP contribution in [0.25, 0.3) is 22.3 Å². The number of nitrogens with one attached hydrogen (secondary N) is 2. The number of nitrogens with zero attached hydrogens (tertiary/aromatic N) is 1. The van der Waals surface area contributed by atoms with Crippen LogP contribution in [0.15, 0.2) is 96.2 Å². The highest BCUT2D eigenvalue weighted by molar-refractivity contribution is 5.83. The van der Waals surface area contributed by atoms with Crippen molar-refractivity contribution in [1.29, 1.82) is 0 Å². The number of benzene rings is 3. The smallest absolute Gasteiger partial charge is 0.194 e. The summed E-state index contributed by atoms with van der Waals surface area (Å²) in [6, 6.07) is 22.9. The maximum absolute atomic E-state index is 13.8. The van der Waals surface area contributed by atoms with Crippen molar-refractivity contribution in [2.24, 2.45) is 11.8 Å². The predicted molar refractivity (Wildman–Crippen MR) is 190 cm³/mol. The molecule has 1 fully saturated rings. The molecule has 0 saturated carbocycles.